The summed E-state index contributed by atoms with van der Waals surface area (Å²) in [5, 5.41) is 20.4. The van der Waals surface area contributed by atoms with Gasteiger partial charge in [-0.2, -0.15) is 0 Å². The molecule has 0 aliphatic heterocycles. The number of rotatable bonds is 6. The van der Waals surface area contributed by atoms with Crippen molar-refractivity contribution >= 4 is 17.7 Å². The molecule has 2 aromatic rings. The molecule has 1 amide bonds. The zero-order chi connectivity index (χ0) is 16.1. The molecule has 0 aliphatic carbocycles. The van der Waals surface area contributed by atoms with Crippen molar-refractivity contribution in [2.45, 2.75) is 32.0 Å². The van der Waals surface area contributed by atoms with Crippen LogP contribution in [0.2, 0.25) is 0 Å². The number of carbonyl (C=O) groups is 1. The summed E-state index contributed by atoms with van der Waals surface area (Å²) in [6.07, 6.45) is 1.09. The molecule has 0 radical (unpaired) electrons. The number of aryl methyl sites for hydroxylation is 2. The van der Waals surface area contributed by atoms with Gasteiger partial charge in [0.1, 0.15) is 6.33 Å². The van der Waals surface area contributed by atoms with Crippen LogP contribution in [-0.2, 0) is 4.79 Å². The van der Waals surface area contributed by atoms with Crippen LogP contribution in [0.25, 0.3) is 5.69 Å². The Balaban J connectivity index is 2.03. The molecule has 118 valence electrons. The van der Waals surface area contributed by atoms with Gasteiger partial charge in [-0.25, -0.2) is 0 Å². The highest BCUT2D eigenvalue weighted by molar-refractivity contribution is 7.99. The Hall–Kier alpha value is -1.86. The van der Waals surface area contributed by atoms with Gasteiger partial charge in [0.2, 0.25) is 5.91 Å². The minimum Gasteiger partial charge on any atom is -0.392 e. The third-order valence-electron chi connectivity index (χ3n) is 3.21. The fraction of sp³-hybridized carbons (Fsp3) is 0.400. The molecular formula is C15H20N4O2S. The molecule has 1 atom stereocenters. The van der Waals surface area contributed by atoms with Gasteiger partial charge in [-0.05, 0) is 44.0 Å². The average Bonchev–Trinajstić information content (AvgIpc) is 2.94. The smallest absolute Gasteiger partial charge is 0.230 e. The number of benzene rings is 1. The van der Waals surface area contributed by atoms with Crippen molar-refractivity contribution in [1.29, 1.82) is 0 Å². The third-order valence-corrected chi connectivity index (χ3v) is 4.16. The maximum absolute atomic E-state index is 11.7. The molecule has 7 heteroatoms. The van der Waals surface area contributed by atoms with Crippen LogP contribution in [0.4, 0.5) is 0 Å². The van der Waals surface area contributed by atoms with Crippen LogP contribution in [0.3, 0.4) is 0 Å². The predicted octanol–water partition coefficient (Wildman–Crippen LogP) is 1.47. The van der Waals surface area contributed by atoms with E-state index in [4.69, 9.17) is 5.11 Å². The van der Waals surface area contributed by atoms with Crippen LogP contribution in [0, 0.1) is 13.8 Å². The molecule has 1 aromatic heterocycles. The van der Waals surface area contributed by atoms with Gasteiger partial charge >= 0.3 is 0 Å². The lowest BCUT2D eigenvalue weighted by atomic mass is 10.1. The molecule has 1 heterocycles. The van der Waals surface area contributed by atoms with Gasteiger partial charge in [-0.3, -0.25) is 9.36 Å². The predicted molar refractivity (Wildman–Crippen MR) is 86.2 cm³/mol. The van der Waals surface area contributed by atoms with Crippen molar-refractivity contribution in [3.8, 4) is 5.69 Å². The van der Waals surface area contributed by atoms with E-state index in [1.807, 2.05) is 10.6 Å². The van der Waals surface area contributed by atoms with Crippen molar-refractivity contribution < 1.29 is 9.90 Å². The summed E-state index contributed by atoms with van der Waals surface area (Å²) in [6.45, 7) is 6.00. The lowest BCUT2D eigenvalue weighted by molar-refractivity contribution is -0.118. The Bertz CT molecular complexity index is 655. The molecule has 0 fully saturated rings. The second-order valence-electron chi connectivity index (χ2n) is 5.19. The Morgan fingerprint density at radius 2 is 2.18 bits per heavy atom. The van der Waals surface area contributed by atoms with E-state index in [1.54, 1.807) is 13.3 Å². The van der Waals surface area contributed by atoms with Crippen molar-refractivity contribution in [3.63, 3.8) is 0 Å². The minimum atomic E-state index is -0.548. The molecule has 22 heavy (non-hydrogen) atoms. The van der Waals surface area contributed by atoms with Gasteiger partial charge < -0.3 is 10.4 Å². The zero-order valence-corrected chi connectivity index (χ0v) is 13.7. The van der Waals surface area contributed by atoms with Crippen LogP contribution in [-0.4, -0.2) is 44.2 Å². The average molecular weight is 320 g/mol. The van der Waals surface area contributed by atoms with E-state index in [0.29, 0.717) is 5.16 Å². The normalized spacial score (nSPS) is 12.2. The number of nitrogens with zero attached hydrogens (tertiary/aromatic N) is 3. The molecule has 6 nitrogen and oxygen atoms in total. The first-order chi connectivity index (χ1) is 10.5. The van der Waals surface area contributed by atoms with E-state index in [-0.39, 0.29) is 18.2 Å². The first-order valence-corrected chi connectivity index (χ1v) is 8.01. The number of hydrogen-bond donors (Lipinski definition) is 2. The van der Waals surface area contributed by atoms with Gasteiger partial charge in [-0.1, -0.05) is 17.8 Å². The minimum absolute atomic E-state index is 0.138. The van der Waals surface area contributed by atoms with Crippen molar-refractivity contribution in [3.05, 3.63) is 35.7 Å². The van der Waals surface area contributed by atoms with Crippen molar-refractivity contribution in [2.75, 3.05) is 12.3 Å². The van der Waals surface area contributed by atoms with Crippen LogP contribution in [0.15, 0.2) is 29.7 Å². The summed E-state index contributed by atoms with van der Waals surface area (Å²) in [6, 6.07) is 6.12. The van der Waals surface area contributed by atoms with E-state index >= 15 is 0 Å². The first-order valence-electron chi connectivity index (χ1n) is 7.02. The number of amides is 1. The summed E-state index contributed by atoms with van der Waals surface area (Å²) in [5.74, 6) is 0.0940. The number of aliphatic hydroxyl groups excluding tert-OH is 1. The SMILES string of the molecule is Cc1ccc(-n2cnnc2SCC(=O)NCC(C)O)cc1C. The molecule has 0 aliphatic rings. The standard InChI is InChI=1S/C15H20N4O2S/c1-10-4-5-13(6-11(10)2)19-9-17-18-15(19)22-8-14(21)16-7-12(3)20/h4-6,9,12,20H,7-8H2,1-3H3,(H,16,21). The molecule has 1 aromatic carbocycles. The molecule has 0 saturated heterocycles. The fourth-order valence-corrected chi connectivity index (χ4v) is 2.58. The van der Waals surface area contributed by atoms with Crippen molar-refractivity contribution in [2.24, 2.45) is 0 Å². The maximum atomic E-state index is 11.7. The summed E-state index contributed by atoms with van der Waals surface area (Å²) in [7, 11) is 0. The lowest BCUT2D eigenvalue weighted by Crippen LogP contribution is -2.31. The molecule has 0 saturated carbocycles. The third kappa shape index (κ3) is 4.32. The number of hydrogen-bond acceptors (Lipinski definition) is 5. The first kappa shape index (κ1) is 16.5. The summed E-state index contributed by atoms with van der Waals surface area (Å²) in [4.78, 5) is 11.7. The highest BCUT2D eigenvalue weighted by Crippen LogP contribution is 2.21. The Morgan fingerprint density at radius 3 is 2.86 bits per heavy atom. The van der Waals surface area contributed by atoms with Gasteiger partial charge in [-0.15, -0.1) is 10.2 Å². The molecular weight excluding hydrogens is 300 g/mol. The zero-order valence-electron chi connectivity index (χ0n) is 12.9. The molecule has 2 N–H and O–H groups in total. The second-order valence-corrected chi connectivity index (χ2v) is 6.14. The molecule has 2 rings (SSSR count). The number of aromatic nitrogens is 3. The largest absolute Gasteiger partial charge is 0.392 e. The van der Waals surface area contributed by atoms with Gasteiger partial charge in [0, 0.05) is 12.2 Å². The second kappa shape index (κ2) is 7.42. The number of thioether (sulfide) groups is 1. The highest BCUT2D eigenvalue weighted by atomic mass is 32.2. The summed E-state index contributed by atoms with van der Waals surface area (Å²) >= 11 is 1.31. The molecule has 1 unspecified atom stereocenters. The molecule has 0 spiro atoms. The number of nitrogens with one attached hydrogen (secondary N) is 1. The Labute approximate surface area is 133 Å². The number of aliphatic hydroxyl groups is 1. The summed E-state index contributed by atoms with van der Waals surface area (Å²) in [5.41, 5.74) is 3.39. The quantitative estimate of drug-likeness (QED) is 0.788. The summed E-state index contributed by atoms with van der Waals surface area (Å²) < 4.78 is 1.86. The van der Waals surface area contributed by atoms with Crippen molar-refractivity contribution in [1.82, 2.24) is 20.1 Å². The lowest BCUT2D eigenvalue weighted by Gasteiger charge is -2.09. The maximum Gasteiger partial charge on any atom is 0.230 e. The topological polar surface area (TPSA) is 80.0 Å². The van der Waals surface area contributed by atoms with Gasteiger partial charge in [0.25, 0.3) is 0 Å². The van der Waals surface area contributed by atoms with Crippen LogP contribution >= 0.6 is 11.8 Å². The van der Waals surface area contributed by atoms with Crippen LogP contribution in [0.1, 0.15) is 18.1 Å². The van der Waals surface area contributed by atoms with Gasteiger partial charge in [0.05, 0.1) is 11.9 Å². The van der Waals surface area contributed by atoms with E-state index < -0.39 is 6.10 Å². The van der Waals surface area contributed by atoms with E-state index in [0.717, 1.165) is 5.69 Å². The number of carbonyl (C=O) groups excluding carboxylic acids is 1. The highest BCUT2D eigenvalue weighted by Gasteiger charge is 2.11. The van der Waals surface area contributed by atoms with Crippen LogP contribution < -0.4 is 5.32 Å². The molecule has 0 bridgehead atoms. The fourth-order valence-electron chi connectivity index (χ4n) is 1.82. The Morgan fingerprint density at radius 1 is 1.41 bits per heavy atom. The van der Waals surface area contributed by atoms with E-state index in [9.17, 15) is 4.79 Å². The van der Waals surface area contributed by atoms with Crippen LogP contribution in [0.5, 0.6) is 0 Å². The van der Waals surface area contributed by atoms with E-state index in [2.05, 4.69) is 41.5 Å². The van der Waals surface area contributed by atoms with E-state index in [1.165, 1.54) is 22.9 Å². The Kier molecular flexibility index (Phi) is 5.57. The monoisotopic (exact) mass is 320 g/mol. The van der Waals surface area contributed by atoms with Gasteiger partial charge in [0.15, 0.2) is 5.16 Å².